The first-order chi connectivity index (χ1) is 14.1. The van der Waals surface area contributed by atoms with Gasteiger partial charge in [-0.25, -0.2) is 0 Å². The molecule has 0 unspecified atom stereocenters. The van der Waals surface area contributed by atoms with E-state index in [4.69, 9.17) is 4.74 Å². The predicted molar refractivity (Wildman–Crippen MR) is 101 cm³/mol. The highest BCUT2D eigenvalue weighted by atomic mass is 16.5. The molecular weight excluding hydrogens is 374 g/mol. The van der Waals surface area contributed by atoms with E-state index in [-0.39, 0.29) is 17.4 Å². The summed E-state index contributed by atoms with van der Waals surface area (Å²) in [6.45, 7) is 2.18. The monoisotopic (exact) mass is 395 g/mol. The second kappa shape index (κ2) is 6.66. The summed E-state index contributed by atoms with van der Waals surface area (Å²) in [4.78, 5) is 26.7. The smallest absolute Gasteiger partial charge is 0.271 e. The van der Waals surface area contributed by atoms with Gasteiger partial charge >= 0.3 is 0 Å². The average molecular weight is 395 g/mol. The average Bonchev–Trinajstić information content (AvgIpc) is 3.37. The van der Waals surface area contributed by atoms with Gasteiger partial charge in [-0.3, -0.25) is 14.3 Å². The van der Waals surface area contributed by atoms with Gasteiger partial charge in [-0.1, -0.05) is 0 Å². The molecule has 0 aliphatic carbocycles. The maximum Gasteiger partial charge on any atom is 0.271 e. The lowest BCUT2D eigenvalue weighted by Crippen LogP contribution is -2.52. The number of rotatable bonds is 2. The molecule has 1 fully saturated rings. The standard InChI is InChI=1S/C19H21N7O3/c1-20-17(27)15-9-13-11-29-19(12-25(13)23-15)4-7-24(8-5-19)18(28)14-10-22-26-16(14)3-2-6-21-26/h2-3,6,9-10H,4-5,7-8,11-12H2,1H3,(H,20,27). The molecule has 0 bridgehead atoms. The van der Waals surface area contributed by atoms with E-state index < -0.39 is 0 Å². The number of carbonyl (C=O) groups is 2. The molecule has 1 N–H and O–H groups in total. The molecule has 1 spiro atoms. The topological polar surface area (TPSA) is 107 Å². The lowest BCUT2D eigenvalue weighted by atomic mass is 9.89. The van der Waals surface area contributed by atoms with E-state index in [2.05, 4.69) is 20.6 Å². The van der Waals surface area contributed by atoms with Crippen LogP contribution >= 0.6 is 0 Å². The highest BCUT2D eigenvalue weighted by Gasteiger charge is 2.41. The molecular formula is C19H21N7O3. The third-order valence-corrected chi connectivity index (χ3v) is 5.78. The number of ether oxygens (including phenoxy) is 1. The second-order valence-corrected chi connectivity index (χ2v) is 7.48. The van der Waals surface area contributed by atoms with Gasteiger partial charge in [-0.05, 0) is 31.0 Å². The number of carbonyl (C=O) groups excluding carboxylic acids is 2. The van der Waals surface area contributed by atoms with Gasteiger partial charge in [-0.15, -0.1) is 0 Å². The zero-order valence-corrected chi connectivity index (χ0v) is 16.0. The number of fused-ring (bicyclic) bond motifs is 2. The van der Waals surface area contributed by atoms with Gasteiger partial charge in [0.25, 0.3) is 11.8 Å². The SMILES string of the molecule is CNC(=O)c1cc2n(n1)CC1(CCN(C(=O)c3cnn4ncccc34)CC1)OC2. The predicted octanol–water partition coefficient (Wildman–Crippen LogP) is 0.491. The second-order valence-electron chi connectivity index (χ2n) is 7.48. The Bertz CT molecular complexity index is 1090. The fraction of sp³-hybridized carbons (Fsp3) is 0.421. The van der Waals surface area contributed by atoms with Gasteiger partial charge in [0.05, 0.1) is 36.2 Å². The summed E-state index contributed by atoms with van der Waals surface area (Å²) in [5.41, 5.74) is 2.19. The first-order valence-corrected chi connectivity index (χ1v) is 9.60. The summed E-state index contributed by atoms with van der Waals surface area (Å²) in [6, 6.07) is 5.40. The van der Waals surface area contributed by atoms with Crippen LogP contribution in [0.1, 0.15) is 39.4 Å². The maximum absolute atomic E-state index is 13.0. The van der Waals surface area contributed by atoms with E-state index in [0.29, 0.717) is 55.9 Å². The number of piperidine rings is 1. The number of hydrogen-bond donors (Lipinski definition) is 1. The first-order valence-electron chi connectivity index (χ1n) is 9.60. The molecule has 2 aliphatic heterocycles. The van der Waals surface area contributed by atoms with Crippen LogP contribution in [-0.4, -0.2) is 67.1 Å². The molecule has 1 saturated heterocycles. The van der Waals surface area contributed by atoms with Crippen molar-refractivity contribution in [2.45, 2.75) is 31.6 Å². The van der Waals surface area contributed by atoms with Crippen LogP contribution in [0.5, 0.6) is 0 Å². The Morgan fingerprint density at radius 1 is 1.24 bits per heavy atom. The zero-order chi connectivity index (χ0) is 20.0. The van der Waals surface area contributed by atoms with Crippen molar-refractivity contribution in [1.29, 1.82) is 0 Å². The molecule has 150 valence electrons. The lowest BCUT2D eigenvalue weighted by Gasteiger charge is -2.43. The lowest BCUT2D eigenvalue weighted by molar-refractivity contribution is -0.119. The minimum atomic E-state index is -0.363. The molecule has 3 aromatic rings. The summed E-state index contributed by atoms with van der Waals surface area (Å²) in [5, 5.41) is 15.3. The Morgan fingerprint density at radius 2 is 2.07 bits per heavy atom. The first kappa shape index (κ1) is 17.8. The Balaban J connectivity index is 1.30. The minimum absolute atomic E-state index is 0.0414. The molecule has 29 heavy (non-hydrogen) atoms. The normalized spacial score (nSPS) is 18.0. The number of amides is 2. The third kappa shape index (κ3) is 2.96. The van der Waals surface area contributed by atoms with Crippen LogP contribution in [0.25, 0.3) is 5.52 Å². The van der Waals surface area contributed by atoms with E-state index in [0.717, 1.165) is 5.69 Å². The number of aromatic nitrogens is 5. The molecule has 0 atom stereocenters. The summed E-state index contributed by atoms with van der Waals surface area (Å²) in [5.74, 6) is -0.246. The largest absolute Gasteiger partial charge is 0.367 e. The fourth-order valence-electron chi connectivity index (χ4n) is 4.08. The number of nitrogens with one attached hydrogen (secondary N) is 1. The Hall–Kier alpha value is -3.27. The van der Waals surface area contributed by atoms with Gasteiger partial charge in [0.2, 0.25) is 0 Å². The van der Waals surface area contributed by atoms with Crippen LogP contribution in [-0.2, 0) is 17.9 Å². The van der Waals surface area contributed by atoms with E-state index in [9.17, 15) is 9.59 Å². The van der Waals surface area contributed by atoms with Gasteiger partial charge in [0, 0.05) is 26.3 Å². The highest BCUT2D eigenvalue weighted by Crippen LogP contribution is 2.33. The van der Waals surface area contributed by atoms with E-state index in [1.165, 1.54) is 4.63 Å². The van der Waals surface area contributed by atoms with Crippen LogP contribution in [0.15, 0.2) is 30.6 Å². The molecule has 2 amide bonds. The van der Waals surface area contributed by atoms with Crippen LogP contribution in [0, 0.1) is 0 Å². The van der Waals surface area contributed by atoms with Crippen molar-refractivity contribution >= 4 is 17.3 Å². The van der Waals surface area contributed by atoms with E-state index in [1.54, 1.807) is 31.6 Å². The van der Waals surface area contributed by atoms with Crippen LogP contribution < -0.4 is 5.32 Å². The molecule has 2 aliphatic rings. The van der Waals surface area contributed by atoms with Gasteiger partial charge in [0.15, 0.2) is 5.69 Å². The number of hydrogen-bond acceptors (Lipinski definition) is 6. The van der Waals surface area contributed by atoms with E-state index in [1.807, 2.05) is 15.6 Å². The molecule has 0 saturated carbocycles. The summed E-state index contributed by atoms with van der Waals surface area (Å²) in [6.07, 6.45) is 4.64. The van der Waals surface area contributed by atoms with Crippen molar-refractivity contribution in [3.8, 4) is 0 Å². The fourth-order valence-corrected chi connectivity index (χ4v) is 4.08. The number of nitrogens with zero attached hydrogens (tertiary/aromatic N) is 6. The van der Waals surface area contributed by atoms with E-state index >= 15 is 0 Å². The Kier molecular flexibility index (Phi) is 4.09. The quantitative estimate of drug-likeness (QED) is 0.677. The summed E-state index contributed by atoms with van der Waals surface area (Å²) < 4.78 is 9.52. The number of likely N-dealkylation sites (tertiary alicyclic amines) is 1. The molecule has 10 heteroatoms. The maximum atomic E-state index is 13.0. The highest BCUT2D eigenvalue weighted by molar-refractivity contribution is 6.00. The van der Waals surface area contributed by atoms with Crippen molar-refractivity contribution in [2.24, 2.45) is 0 Å². The van der Waals surface area contributed by atoms with Crippen LogP contribution in [0.3, 0.4) is 0 Å². The molecule has 3 aromatic heterocycles. The molecule has 5 heterocycles. The van der Waals surface area contributed by atoms with Crippen molar-refractivity contribution < 1.29 is 14.3 Å². The molecule has 5 rings (SSSR count). The summed E-state index contributed by atoms with van der Waals surface area (Å²) in [7, 11) is 1.59. The van der Waals surface area contributed by atoms with Crippen LogP contribution in [0.2, 0.25) is 0 Å². The summed E-state index contributed by atoms with van der Waals surface area (Å²) >= 11 is 0. The van der Waals surface area contributed by atoms with Gasteiger partial charge in [0.1, 0.15) is 5.52 Å². The van der Waals surface area contributed by atoms with Crippen molar-refractivity contribution in [3.05, 3.63) is 47.5 Å². The molecule has 0 radical (unpaired) electrons. The van der Waals surface area contributed by atoms with Gasteiger partial charge in [-0.2, -0.15) is 19.9 Å². The van der Waals surface area contributed by atoms with Crippen molar-refractivity contribution in [3.63, 3.8) is 0 Å². The van der Waals surface area contributed by atoms with Gasteiger partial charge < -0.3 is 15.0 Å². The van der Waals surface area contributed by atoms with Crippen LogP contribution in [0.4, 0.5) is 0 Å². The Labute approximate surface area is 166 Å². The third-order valence-electron chi connectivity index (χ3n) is 5.78. The van der Waals surface area contributed by atoms with Crippen molar-refractivity contribution in [2.75, 3.05) is 20.1 Å². The van der Waals surface area contributed by atoms with Crippen molar-refractivity contribution in [1.82, 2.24) is 34.8 Å². The zero-order valence-electron chi connectivity index (χ0n) is 16.0. The Morgan fingerprint density at radius 3 is 2.86 bits per heavy atom. The minimum Gasteiger partial charge on any atom is -0.367 e. The molecule has 10 nitrogen and oxygen atoms in total. The molecule has 0 aromatic carbocycles.